The van der Waals surface area contributed by atoms with E-state index >= 15 is 0 Å². The lowest BCUT2D eigenvalue weighted by Crippen LogP contribution is -2.47. The van der Waals surface area contributed by atoms with Gasteiger partial charge in [-0.1, -0.05) is 34.6 Å². The van der Waals surface area contributed by atoms with Gasteiger partial charge in [0.25, 0.3) is 0 Å². The number of hydrogen-bond acceptors (Lipinski definition) is 4. The molecule has 0 radical (unpaired) electrons. The lowest BCUT2D eigenvalue weighted by molar-refractivity contribution is 0.201. The number of imidazole rings is 1. The standard InChI is InChI=1S/C13H23N5/c1-12(2,3)10-6-14-9-18(10)7-13(4,5)11-15-8-16-17-11/h6,8-9,11,17H,7H2,1-5H3,(H,15,16). The van der Waals surface area contributed by atoms with E-state index in [0.717, 1.165) is 6.54 Å². The molecule has 1 atom stereocenters. The minimum atomic E-state index is 0.0389. The summed E-state index contributed by atoms with van der Waals surface area (Å²) in [5.74, 6) is 0. The van der Waals surface area contributed by atoms with Crippen LogP contribution in [0, 0.1) is 5.41 Å². The molecule has 0 bridgehead atoms. The first-order valence-corrected chi connectivity index (χ1v) is 6.34. The Kier molecular flexibility index (Phi) is 3.09. The van der Waals surface area contributed by atoms with E-state index in [0.29, 0.717) is 0 Å². The van der Waals surface area contributed by atoms with Crippen molar-refractivity contribution in [2.45, 2.75) is 52.7 Å². The minimum absolute atomic E-state index is 0.0389. The summed E-state index contributed by atoms with van der Waals surface area (Å²) in [6.45, 7) is 12.0. The molecule has 18 heavy (non-hydrogen) atoms. The summed E-state index contributed by atoms with van der Waals surface area (Å²) < 4.78 is 2.24. The summed E-state index contributed by atoms with van der Waals surface area (Å²) in [5, 5.41) is 7.25. The van der Waals surface area contributed by atoms with Crippen molar-refractivity contribution in [2.24, 2.45) is 10.5 Å². The zero-order valence-corrected chi connectivity index (χ0v) is 11.9. The maximum absolute atomic E-state index is 4.29. The van der Waals surface area contributed by atoms with Crippen LogP contribution in [-0.4, -0.2) is 22.1 Å². The topological polar surface area (TPSA) is 54.2 Å². The SMILES string of the molecule is CC(C)(C)c1cncn1CC(C)(C)C1NC=NN1. The number of aromatic nitrogens is 2. The molecule has 5 nitrogen and oxygen atoms in total. The molecule has 0 aromatic carbocycles. The third-order valence-corrected chi connectivity index (χ3v) is 3.35. The van der Waals surface area contributed by atoms with Gasteiger partial charge in [-0.3, -0.25) is 5.43 Å². The van der Waals surface area contributed by atoms with Gasteiger partial charge in [-0.25, -0.2) is 4.98 Å². The summed E-state index contributed by atoms with van der Waals surface area (Å²) >= 11 is 0. The van der Waals surface area contributed by atoms with Crippen molar-refractivity contribution in [3.05, 3.63) is 18.2 Å². The summed E-state index contributed by atoms with van der Waals surface area (Å²) in [6, 6.07) is 0. The minimum Gasteiger partial charge on any atom is -0.353 e. The molecule has 1 aromatic heterocycles. The van der Waals surface area contributed by atoms with Gasteiger partial charge >= 0.3 is 0 Å². The monoisotopic (exact) mass is 249 g/mol. The second-order valence-corrected chi connectivity index (χ2v) is 6.63. The van der Waals surface area contributed by atoms with Crippen molar-refractivity contribution in [3.63, 3.8) is 0 Å². The third-order valence-electron chi connectivity index (χ3n) is 3.35. The normalized spacial score (nSPS) is 19.7. The number of rotatable bonds is 3. The predicted molar refractivity (Wildman–Crippen MR) is 73.3 cm³/mol. The Morgan fingerprint density at radius 2 is 2.00 bits per heavy atom. The van der Waals surface area contributed by atoms with Gasteiger partial charge in [0, 0.05) is 29.3 Å². The van der Waals surface area contributed by atoms with Crippen LogP contribution in [-0.2, 0) is 12.0 Å². The Bertz CT molecular complexity index is 430. The molecule has 1 aliphatic rings. The average Bonchev–Trinajstić information content (AvgIpc) is 2.83. The molecule has 1 unspecified atom stereocenters. The van der Waals surface area contributed by atoms with Gasteiger partial charge < -0.3 is 9.88 Å². The second-order valence-electron chi connectivity index (χ2n) is 6.63. The molecule has 1 aromatic rings. The molecule has 2 N–H and O–H groups in total. The van der Waals surface area contributed by atoms with Crippen molar-refractivity contribution in [3.8, 4) is 0 Å². The Morgan fingerprint density at radius 3 is 2.56 bits per heavy atom. The summed E-state index contributed by atoms with van der Waals surface area (Å²) in [5.41, 5.74) is 4.50. The molecule has 2 rings (SSSR count). The fourth-order valence-electron chi connectivity index (χ4n) is 2.26. The van der Waals surface area contributed by atoms with Crippen molar-refractivity contribution >= 4 is 6.34 Å². The fraction of sp³-hybridized carbons (Fsp3) is 0.692. The molecule has 2 heterocycles. The Hall–Kier alpha value is -1.52. The molecular weight excluding hydrogens is 226 g/mol. The van der Waals surface area contributed by atoms with Gasteiger partial charge in [0.15, 0.2) is 0 Å². The molecule has 0 spiro atoms. The number of nitrogens with one attached hydrogen (secondary N) is 2. The van der Waals surface area contributed by atoms with E-state index in [2.05, 4.69) is 60.0 Å². The van der Waals surface area contributed by atoms with Gasteiger partial charge in [0.05, 0.1) is 6.33 Å². The summed E-state index contributed by atoms with van der Waals surface area (Å²) in [6.07, 6.45) is 5.75. The average molecular weight is 249 g/mol. The van der Waals surface area contributed by atoms with Crippen molar-refractivity contribution < 1.29 is 0 Å². The molecule has 0 fully saturated rings. The maximum Gasteiger partial charge on any atom is 0.120 e. The van der Waals surface area contributed by atoms with Gasteiger partial charge in [-0.15, -0.1) is 0 Å². The highest BCUT2D eigenvalue weighted by atomic mass is 15.4. The van der Waals surface area contributed by atoms with Crippen LogP contribution in [0.4, 0.5) is 0 Å². The van der Waals surface area contributed by atoms with E-state index < -0.39 is 0 Å². The number of nitrogens with zero attached hydrogens (tertiary/aromatic N) is 3. The van der Waals surface area contributed by atoms with E-state index in [1.807, 2.05) is 12.5 Å². The first-order chi connectivity index (χ1) is 8.31. The molecule has 0 saturated carbocycles. The van der Waals surface area contributed by atoms with Crippen molar-refractivity contribution in [1.82, 2.24) is 20.3 Å². The van der Waals surface area contributed by atoms with Crippen LogP contribution in [0.5, 0.6) is 0 Å². The van der Waals surface area contributed by atoms with Crippen LogP contribution in [0.2, 0.25) is 0 Å². The van der Waals surface area contributed by atoms with E-state index in [1.54, 1.807) is 6.34 Å². The molecule has 100 valence electrons. The van der Waals surface area contributed by atoms with Crippen LogP contribution in [0.15, 0.2) is 17.6 Å². The predicted octanol–water partition coefficient (Wildman–Crippen LogP) is 1.67. The Balaban J connectivity index is 2.16. The van der Waals surface area contributed by atoms with Crippen molar-refractivity contribution in [1.29, 1.82) is 0 Å². The first-order valence-electron chi connectivity index (χ1n) is 6.34. The third kappa shape index (κ3) is 2.49. The largest absolute Gasteiger partial charge is 0.353 e. The van der Waals surface area contributed by atoms with Crippen LogP contribution in [0.25, 0.3) is 0 Å². The van der Waals surface area contributed by atoms with E-state index in [9.17, 15) is 0 Å². The van der Waals surface area contributed by atoms with Gasteiger partial charge in [-0.05, 0) is 0 Å². The van der Waals surface area contributed by atoms with Crippen LogP contribution < -0.4 is 10.7 Å². The molecule has 1 aliphatic heterocycles. The van der Waals surface area contributed by atoms with E-state index in [1.165, 1.54) is 5.69 Å². The summed E-state index contributed by atoms with van der Waals surface area (Å²) in [7, 11) is 0. The smallest absolute Gasteiger partial charge is 0.120 e. The molecule has 5 heteroatoms. The van der Waals surface area contributed by atoms with Crippen molar-refractivity contribution in [2.75, 3.05) is 0 Å². The Labute approximate surface area is 109 Å². The zero-order valence-electron chi connectivity index (χ0n) is 11.9. The number of hydrazone groups is 1. The van der Waals surface area contributed by atoms with E-state index in [4.69, 9.17) is 0 Å². The van der Waals surface area contributed by atoms with E-state index in [-0.39, 0.29) is 17.0 Å². The van der Waals surface area contributed by atoms with Crippen LogP contribution >= 0.6 is 0 Å². The molecule has 0 saturated heterocycles. The highest BCUT2D eigenvalue weighted by molar-refractivity contribution is 5.56. The van der Waals surface area contributed by atoms with Gasteiger partial charge in [0.1, 0.15) is 12.5 Å². The van der Waals surface area contributed by atoms with Gasteiger partial charge in [0.2, 0.25) is 0 Å². The first kappa shape index (κ1) is 12.9. The zero-order chi connectivity index (χ0) is 13.4. The fourth-order valence-corrected chi connectivity index (χ4v) is 2.26. The lowest BCUT2D eigenvalue weighted by Gasteiger charge is -2.33. The highest BCUT2D eigenvalue weighted by Gasteiger charge is 2.32. The summed E-state index contributed by atoms with van der Waals surface area (Å²) in [4.78, 5) is 4.29. The lowest BCUT2D eigenvalue weighted by atomic mass is 9.88. The molecule has 0 amide bonds. The maximum atomic E-state index is 4.29. The molecular formula is C13H23N5. The highest BCUT2D eigenvalue weighted by Crippen LogP contribution is 2.27. The van der Waals surface area contributed by atoms with Crippen LogP contribution in [0.3, 0.4) is 0 Å². The second kappa shape index (κ2) is 4.30. The quantitative estimate of drug-likeness (QED) is 0.856. The van der Waals surface area contributed by atoms with Crippen LogP contribution in [0.1, 0.15) is 40.3 Å². The molecule has 0 aliphatic carbocycles. The van der Waals surface area contributed by atoms with Gasteiger partial charge in [-0.2, -0.15) is 5.10 Å². The number of hydrogen-bond donors (Lipinski definition) is 2. The Morgan fingerprint density at radius 1 is 1.28 bits per heavy atom.